The number of anilines is 1. The topological polar surface area (TPSA) is 58.0 Å². The predicted molar refractivity (Wildman–Crippen MR) is 90.3 cm³/mol. The fourth-order valence-electron chi connectivity index (χ4n) is 2.51. The van der Waals surface area contributed by atoms with Gasteiger partial charge in [0, 0.05) is 17.0 Å². The monoisotopic (exact) mass is 349 g/mol. The molecule has 0 spiro atoms. The summed E-state index contributed by atoms with van der Waals surface area (Å²) in [5.41, 5.74) is -0.525. The Balaban J connectivity index is 2.33. The normalized spacial score (nSPS) is 11.2. The van der Waals surface area contributed by atoms with Crippen LogP contribution in [0.5, 0.6) is 5.75 Å². The van der Waals surface area contributed by atoms with Crippen molar-refractivity contribution < 1.29 is 13.9 Å². The van der Waals surface area contributed by atoms with Crippen molar-refractivity contribution in [3.63, 3.8) is 0 Å². The third kappa shape index (κ3) is 2.73. The van der Waals surface area contributed by atoms with E-state index in [1.807, 2.05) is 13.8 Å². The average molecular weight is 350 g/mol. The van der Waals surface area contributed by atoms with Crippen LogP contribution >= 0.6 is 11.6 Å². The first-order valence-corrected chi connectivity index (χ1v) is 7.65. The van der Waals surface area contributed by atoms with Crippen molar-refractivity contribution in [1.82, 2.24) is 9.97 Å². The molecular formula is C17H14ClF2N3O. The number of hydrogen-bond acceptors (Lipinski definition) is 4. The second-order valence-corrected chi connectivity index (χ2v) is 6.01. The van der Waals surface area contributed by atoms with Gasteiger partial charge in [0.25, 0.3) is 0 Å². The van der Waals surface area contributed by atoms with E-state index in [2.05, 4.69) is 15.3 Å². The van der Waals surface area contributed by atoms with E-state index in [1.165, 1.54) is 24.5 Å². The fourth-order valence-corrected chi connectivity index (χ4v) is 2.79. The molecule has 1 heterocycles. The number of nitrogens with one attached hydrogen (secondary N) is 1. The molecule has 0 amide bonds. The summed E-state index contributed by atoms with van der Waals surface area (Å²) < 4.78 is 29.1. The molecule has 7 heteroatoms. The number of rotatable bonds is 3. The highest BCUT2D eigenvalue weighted by atomic mass is 35.5. The minimum atomic E-state index is -0.813. The van der Waals surface area contributed by atoms with E-state index in [0.29, 0.717) is 11.2 Å². The lowest BCUT2D eigenvalue weighted by Crippen LogP contribution is -2.12. The number of benzene rings is 2. The zero-order chi connectivity index (χ0) is 17.4. The Morgan fingerprint density at radius 1 is 1.17 bits per heavy atom. The van der Waals surface area contributed by atoms with Crippen LogP contribution in [0.15, 0.2) is 30.6 Å². The predicted octanol–water partition coefficient (Wildman–Crippen LogP) is 4.75. The molecule has 0 radical (unpaired) electrons. The van der Waals surface area contributed by atoms with Crippen LogP contribution in [-0.2, 0) is 0 Å². The molecule has 2 N–H and O–H groups in total. The molecule has 24 heavy (non-hydrogen) atoms. The summed E-state index contributed by atoms with van der Waals surface area (Å²) in [7, 11) is 0. The van der Waals surface area contributed by atoms with E-state index in [-0.39, 0.29) is 27.7 Å². The van der Waals surface area contributed by atoms with Crippen molar-refractivity contribution in [2.75, 3.05) is 5.32 Å². The van der Waals surface area contributed by atoms with Crippen molar-refractivity contribution in [3.8, 4) is 16.9 Å². The summed E-state index contributed by atoms with van der Waals surface area (Å²) in [5, 5.41) is 13.4. The molecule has 0 aliphatic heterocycles. The van der Waals surface area contributed by atoms with Crippen LogP contribution in [0.3, 0.4) is 0 Å². The van der Waals surface area contributed by atoms with Crippen molar-refractivity contribution in [1.29, 1.82) is 0 Å². The Morgan fingerprint density at radius 3 is 2.58 bits per heavy atom. The lowest BCUT2D eigenvalue weighted by atomic mass is 10.0. The summed E-state index contributed by atoms with van der Waals surface area (Å²) in [4.78, 5) is 8.04. The van der Waals surface area contributed by atoms with Gasteiger partial charge in [0.1, 0.15) is 29.2 Å². The maximum atomic E-state index is 15.0. The van der Waals surface area contributed by atoms with Gasteiger partial charge in [-0.15, -0.1) is 0 Å². The van der Waals surface area contributed by atoms with Crippen LogP contribution in [0.1, 0.15) is 13.8 Å². The number of aromatic nitrogens is 2. The van der Waals surface area contributed by atoms with Gasteiger partial charge in [-0.05, 0) is 32.0 Å². The summed E-state index contributed by atoms with van der Waals surface area (Å²) >= 11 is 6.19. The number of fused-ring (bicyclic) bond motifs is 1. The highest BCUT2D eigenvalue weighted by Crippen LogP contribution is 2.41. The first-order chi connectivity index (χ1) is 11.4. The maximum absolute atomic E-state index is 15.0. The molecule has 0 aliphatic rings. The molecule has 3 aromatic rings. The average Bonchev–Trinajstić information content (AvgIpc) is 2.50. The Hall–Kier alpha value is -2.47. The number of phenolic OH excluding ortho intramolecular Hbond substituents is 1. The number of phenols is 1. The van der Waals surface area contributed by atoms with E-state index in [9.17, 15) is 9.50 Å². The smallest absolute Gasteiger partial charge is 0.159 e. The summed E-state index contributed by atoms with van der Waals surface area (Å²) in [5.74, 6) is -1.55. The Morgan fingerprint density at radius 2 is 1.92 bits per heavy atom. The minimum absolute atomic E-state index is 0.00444. The van der Waals surface area contributed by atoms with Crippen LogP contribution in [-0.4, -0.2) is 21.1 Å². The summed E-state index contributed by atoms with van der Waals surface area (Å²) in [6.07, 6.45) is 1.22. The molecule has 0 atom stereocenters. The largest absolute Gasteiger partial charge is 0.507 e. The highest BCUT2D eigenvalue weighted by Gasteiger charge is 2.22. The fraction of sp³-hybridized carbons (Fsp3) is 0.176. The van der Waals surface area contributed by atoms with Gasteiger partial charge in [0.15, 0.2) is 5.82 Å². The molecule has 0 saturated carbocycles. The first-order valence-electron chi connectivity index (χ1n) is 7.27. The summed E-state index contributed by atoms with van der Waals surface area (Å²) in [6, 6.07) is 5.25. The van der Waals surface area contributed by atoms with Gasteiger partial charge in [-0.2, -0.15) is 0 Å². The molecule has 1 aromatic heterocycles. The van der Waals surface area contributed by atoms with Crippen molar-refractivity contribution in [3.05, 3.63) is 47.2 Å². The lowest BCUT2D eigenvalue weighted by Gasteiger charge is -2.15. The summed E-state index contributed by atoms with van der Waals surface area (Å²) in [6.45, 7) is 3.83. The van der Waals surface area contributed by atoms with Crippen molar-refractivity contribution in [2.45, 2.75) is 19.9 Å². The third-order valence-corrected chi connectivity index (χ3v) is 3.79. The molecule has 4 nitrogen and oxygen atoms in total. The Bertz CT molecular complexity index is 911. The minimum Gasteiger partial charge on any atom is -0.507 e. The second kappa shape index (κ2) is 6.20. The van der Waals surface area contributed by atoms with Crippen LogP contribution in [0.25, 0.3) is 22.0 Å². The number of nitrogens with zero attached hydrogens (tertiary/aromatic N) is 2. The Kier molecular flexibility index (Phi) is 4.24. The zero-order valence-electron chi connectivity index (χ0n) is 12.9. The molecule has 2 aromatic carbocycles. The maximum Gasteiger partial charge on any atom is 0.159 e. The van der Waals surface area contributed by atoms with Crippen molar-refractivity contribution in [2.24, 2.45) is 0 Å². The quantitative estimate of drug-likeness (QED) is 0.716. The van der Waals surface area contributed by atoms with Crippen molar-refractivity contribution >= 4 is 28.3 Å². The first kappa shape index (κ1) is 16.4. The molecular weight excluding hydrogens is 336 g/mol. The lowest BCUT2D eigenvalue weighted by molar-refractivity contribution is 0.471. The standard InChI is InChI=1S/C17H14ClF2N3O/c1-8(2)23-17-9-6-10(18)13(15(20)16(9)21-7-22-17)14-11(19)4-3-5-12(14)24/h3-8,24H,1-2H3,(H,21,22,23). The van der Waals surface area contributed by atoms with Crippen LogP contribution in [0.2, 0.25) is 5.02 Å². The molecule has 0 unspecified atom stereocenters. The highest BCUT2D eigenvalue weighted by molar-refractivity contribution is 6.34. The van der Waals surface area contributed by atoms with Gasteiger partial charge in [0.05, 0.1) is 10.6 Å². The number of aromatic hydroxyl groups is 1. The number of halogens is 3. The van der Waals surface area contributed by atoms with Crippen LogP contribution < -0.4 is 5.32 Å². The molecule has 0 aliphatic carbocycles. The Labute approximate surface area is 142 Å². The van der Waals surface area contributed by atoms with Crippen LogP contribution in [0.4, 0.5) is 14.6 Å². The van der Waals surface area contributed by atoms with Gasteiger partial charge in [-0.25, -0.2) is 18.7 Å². The molecule has 124 valence electrons. The van der Waals surface area contributed by atoms with Gasteiger partial charge in [0.2, 0.25) is 0 Å². The number of hydrogen-bond donors (Lipinski definition) is 2. The van der Waals surface area contributed by atoms with E-state index in [0.717, 1.165) is 6.07 Å². The zero-order valence-corrected chi connectivity index (χ0v) is 13.7. The molecule has 0 saturated heterocycles. The van der Waals surface area contributed by atoms with Gasteiger partial charge < -0.3 is 10.4 Å². The molecule has 3 rings (SSSR count). The van der Waals surface area contributed by atoms with Gasteiger partial charge in [-0.3, -0.25) is 0 Å². The molecule has 0 fully saturated rings. The van der Waals surface area contributed by atoms with E-state index < -0.39 is 17.4 Å². The van der Waals surface area contributed by atoms with Gasteiger partial charge >= 0.3 is 0 Å². The van der Waals surface area contributed by atoms with E-state index >= 15 is 4.39 Å². The third-order valence-electron chi connectivity index (χ3n) is 3.49. The SMILES string of the molecule is CC(C)Nc1ncnc2c(F)c(-c3c(O)cccc3F)c(Cl)cc12. The van der Waals surface area contributed by atoms with Gasteiger partial charge in [-0.1, -0.05) is 17.7 Å². The van der Waals surface area contributed by atoms with E-state index in [1.54, 1.807) is 0 Å². The van der Waals surface area contributed by atoms with E-state index in [4.69, 9.17) is 11.6 Å². The second-order valence-electron chi connectivity index (χ2n) is 5.60. The molecule has 0 bridgehead atoms. The van der Waals surface area contributed by atoms with Crippen LogP contribution in [0, 0.1) is 11.6 Å².